The van der Waals surface area contributed by atoms with Gasteiger partial charge in [-0.3, -0.25) is 4.79 Å². The van der Waals surface area contributed by atoms with Gasteiger partial charge in [-0.2, -0.15) is 0 Å². The summed E-state index contributed by atoms with van der Waals surface area (Å²) in [5.41, 5.74) is 5.85. The summed E-state index contributed by atoms with van der Waals surface area (Å²) in [5.74, 6) is 0.591. The maximum atomic E-state index is 12.5. The number of anilines is 2. The van der Waals surface area contributed by atoms with E-state index in [1.54, 1.807) is 12.0 Å². The Kier molecular flexibility index (Phi) is 5.77. The predicted molar refractivity (Wildman–Crippen MR) is 82.6 cm³/mol. The van der Waals surface area contributed by atoms with Crippen LogP contribution in [-0.2, 0) is 4.74 Å². The lowest BCUT2D eigenvalue weighted by Crippen LogP contribution is -2.28. The number of carbonyl (C=O) groups excluding carboxylic acids is 1. The Morgan fingerprint density at radius 1 is 1.67 bits per heavy atom. The van der Waals surface area contributed by atoms with Crippen molar-refractivity contribution in [2.24, 2.45) is 5.92 Å². The highest BCUT2D eigenvalue weighted by atomic mass is 32.1. The Balaban J connectivity index is 1.96. The van der Waals surface area contributed by atoms with Crippen LogP contribution in [0.4, 0.5) is 10.9 Å². The molecule has 1 aliphatic rings. The summed E-state index contributed by atoms with van der Waals surface area (Å²) in [5, 5.41) is 12.7. The van der Waals surface area contributed by atoms with Crippen LogP contribution in [0.5, 0.6) is 0 Å². The molecule has 1 fully saturated rings. The number of nitrogen functional groups attached to an aromatic ring is 1. The molecule has 118 valence electrons. The van der Waals surface area contributed by atoms with Crippen LogP contribution in [0.25, 0.3) is 0 Å². The van der Waals surface area contributed by atoms with Crippen LogP contribution in [0, 0.1) is 5.92 Å². The molecule has 2 rings (SSSR count). The predicted octanol–water partition coefficient (Wildman–Crippen LogP) is 0.628. The molecule has 0 saturated carbocycles. The van der Waals surface area contributed by atoms with Crippen molar-refractivity contribution < 1.29 is 14.6 Å². The van der Waals surface area contributed by atoms with Crippen molar-refractivity contribution in [3.63, 3.8) is 0 Å². The van der Waals surface area contributed by atoms with E-state index in [2.05, 4.69) is 10.3 Å². The molecule has 0 aliphatic carbocycles. The van der Waals surface area contributed by atoms with E-state index in [4.69, 9.17) is 15.6 Å². The third-order valence-corrected chi connectivity index (χ3v) is 4.56. The quantitative estimate of drug-likeness (QED) is 0.638. The fourth-order valence-corrected chi connectivity index (χ4v) is 3.28. The Bertz CT molecular complexity index is 480. The van der Waals surface area contributed by atoms with Crippen molar-refractivity contribution in [2.75, 3.05) is 51.0 Å². The van der Waals surface area contributed by atoms with Gasteiger partial charge < -0.3 is 25.8 Å². The second-order valence-electron chi connectivity index (χ2n) is 5.07. The highest BCUT2D eigenvalue weighted by Gasteiger charge is 2.29. The van der Waals surface area contributed by atoms with E-state index in [0.29, 0.717) is 42.2 Å². The number of rotatable bonds is 7. The van der Waals surface area contributed by atoms with Gasteiger partial charge in [0.15, 0.2) is 5.13 Å². The molecule has 1 aliphatic heterocycles. The zero-order valence-corrected chi connectivity index (χ0v) is 13.0. The maximum absolute atomic E-state index is 12.5. The fraction of sp³-hybridized carbons (Fsp3) is 0.692. The second-order valence-corrected chi connectivity index (χ2v) is 6.07. The van der Waals surface area contributed by atoms with Crippen molar-refractivity contribution >= 4 is 28.2 Å². The summed E-state index contributed by atoms with van der Waals surface area (Å²) < 4.78 is 4.95. The first-order valence-electron chi connectivity index (χ1n) is 7.05. The zero-order valence-electron chi connectivity index (χ0n) is 12.2. The van der Waals surface area contributed by atoms with Crippen LogP contribution < -0.4 is 11.1 Å². The minimum atomic E-state index is -0.0646. The molecule has 0 aromatic carbocycles. The number of nitrogens with two attached hydrogens (primary N) is 1. The van der Waals surface area contributed by atoms with Gasteiger partial charge in [0.25, 0.3) is 5.91 Å². The first-order valence-corrected chi connectivity index (χ1v) is 7.86. The Labute approximate surface area is 128 Å². The molecule has 1 aromatic heterocycles. The van der Waals surface area contributed by atoms with Gasteiger partial charge in [0.2, 0.25) is 0 Å². The van der Waals surface area contributed by atoms with E-state index in [1.807, 2.05) is 0 Å². The summed E-state index contributed by atoms with van der Waals surface area (Å²) in [6.45, 7) is 2.76. The van der Waals surface area contributed by atoms with Crippen molar-refractivity contribution in [3.05, 3.63) is 4.88 Å². The van der Waals surface area contributed by atoms with Crippen LogP contribution in [0.2, 0.25) is 0 Å². The molecule has 0 spiro atoms. The molecule has 1 atom stereocenters. The number of thiazole rings is 1. The second kappa shape index (κ2) is 7.58. The molecule has 1 aromatic rings. The smallest absolute Gasteiger partial charge is 0.267 e. The zero-order chi connectivity index (χ0) is 15.2. The number of ether oxygens (including phenoxy) is 1. The minimum Gasteiger partial charge on any atom is -0.396 e. The van der Waals surface area contributed by atoms with E-state index in [1.165, 1.54) is 11.3 Å². The average Bonchev–Trinajstić information content (AvgIpc) is 3.06. The first-order chi connectivity index (χ1) is 10.2. The standard InChI is InChI=1S/C13H22N4O3S/c1-20-7-4-15-13-16-11(14)10(21-13)12(19)17-5-2-9(8-17)3-6-18/h9,18H,2-8,14H2,1H3,(H,15,16). The third-order valence-electron chi connectivity index (χ3n) is 3.54. The van der Waals surface area contributed by atoms with E-state index in [9.17, 15) is 4.79 Å². The van der Waals surface area contributed by atoms with Crippen molar-refractivity contribution in [3.8, 4) is 0 Å². The van der Waals surface area contributed by atoms with E-state index in [0.717, 1.165) is 12.8 Å². The summed E-state index contributed by atoms with van der Waals surface area (Å²) in [7, 11) is 1.63. The van der Waals surface area contributed by atoms with E-state index < -0.39 is 0 Å². The summed E-state index contributed by atoms with van der Waals surface area (Å²) in [6.07, 6.45) is 1.68. The molecule has 2 heterocycles. The van der Waals surface area contributed by atoms with Crippen LogP contribution in [-0.4, -0.2) is 60.9 Å². The summed E-state index contributed by atoms with van der Waals surface area (Å²) >= 11 is 1.28. The summed E-state index contributed by atoms with van der Waals surface area (Å²) in [6, 6.07) is 0. The number of hydrogen-bond acceptors (Lipinski definition) is 7. The number of aromatic nitrogens is 1. The van der Waals surface area contributed by atoms with Crippen LogP contribution >= 0.6 is 11.3 Å². The third kappa shape index (κ3) is 4.05. The fourth-order valence-electron chi connectivity index (χ4n) is 2.40. The van der Waals surface area contributed by atoms with Crippen molar-refractivity contribution in [1.82, 2.24) is 9.88 Å². The van der Waals surface area contributed by atoms with Gasteiger partial charge in [-0.05, 0) is 18.8 Å². The number of likely N-dealkylation sites (tertiary alicyclic amines) is 1. The van der Waals surface area contributed by atoms with Gasteiger partial charge in [0.05, 0.1) is 6.61 Å². The number of aliphatic hydroxyl groups excluding tert-OH is 1. The molecule has 1 saturated heterocycles. The Hall–Kier alpha value is -1.38. The van der Waals surface area contributed by atoms with E-state index >= 15 is 0 Å². The minimum absolute atomic E-state index is 0.0646. The van der Waals surface area contributed by atoms with Gasteiger partial charge >= 0.3 is 0 Å². The van der Waals surface area contributed by atoms with Gasteiger partial charge in [0.1, 0.15) is 10.7 Å². The van der Waals surface area contributed by atoms with Gasteiger partial charge in [-0.15, -0.1) is 0 Å². The maximum Gasteiger partial charge on any atom is 0.267 e. The van der Waals surface area contributed by atoms with Crippen molar-refractivity contribution in [1.29, 1.82) is 0 Å². The average molecular weight is 314 g/mol. The van der Waals surface area contributed by atoms with E-state index in [-0.39, 0.29) is 18.3 Å². The van der Waals surface area contributed by atoms with Gasteiger partial charge in [-0.25, -0.2) is 4.98 Å². The van der Waals surface area contributed by atoms with Crippen LogP contribution in [0.15, 0.2) is 0 Å². The lowest BCUT2D eigenvalue weighted by molar-refractivity contribution is 0.0790. The van der Waals surface area contributed by atoms with Crippen LogP contribution in [0.1, 0.15) is 22.5 Å². The molecule has 1 unspecified atom stereocenters. The topological polar surface area (TPSA) is 101 Å². The number of methoxy groups -OCH3 is 1. The Morgan fingerprint density at radius 2 is 2.48 bits per heavy atom. The molecular weight excluding hydrogens is 292 g/mol. The summed E-state index contributed by atoms with van der Waals surface area (Å²) in [4.78, 5) is 18.9. The number of aliphatic hydroxyl groups is 1. The number of hydrogen-bond donors (Lipinski definition) is 3. The molecule has 21 heavy (non-hydrogen) atoms. The molecule has 7 nitrogen and oxygen atoms in total. The lowest BCUT2D eigenvalue weighted by atomic mass is 10.1. The molecule has 0 radical (unpaired) electrons. The molecule has 1 amide bonds. The number of amides is 1. The van der Waals surface area contributed by atoms with Gasteiger partial charge in [-0.1, -0.05) is 11.3 Å². The largest absolute Gasteiger partial charge is 0.396 e. The highest BCUT2D eigenvalue weighted by Crippen LogP contribution is 2.29. The Morgan fingerprint density at radius 3 is 3.19 bits per heavy atom. The highest BCUT2D eigenvalue weighted by molar-refractivity contribution is 7.18. The molecule has 8 heteroatoms. The van der Waals surface area contributed by atoms with Crippen molar-refractivity contribution in [2.45, 2.75) is 12.8 Å². The normalized spacial score (nSPS) is 18.2. The van der Waals surface area contributed by atoms with Gasteiger partial charge in [0, 0.05) is 33.4 Å². The monoisotopic (exact) mass is 314 g/mol. The number of nitrogens with zero attached hydrogens (tertiary/aromatic N) is 2. The molecule has 4 N–H and O–H groups in total. The number of nitrogens with one attached hydrogen (secondary N) is 1. The SMILES string of the molecule is COCCNc1nc(N)c(C(=O)N2CCC(CCO)C2)s1. The first kappa shape index (κ1) is 16.0. The lowest BCUT2D eigenvalue weighted by Gasteiger charge is -2.15. The molecule has 0 bridgehead atoms. The number of carbonyl (C=O) groups is 1. The van der Waals surface area contributed by atoms with Crippen LogP contribution in [0.3, 0.4) is 0 Å². The molecular formula is C13H22N4O3S.